The molecule has 0 aromatic heterocycles. The second kappa shape index (κ2) is 6.43. The van der Waals surface area contributed by atoms with E-state index < -0.39 is 17.5 Å². The molecule has 0 heterocycles. The Kier molecular flexibility index (Phi) is 5.20. The van der Waals surface area contributed by atoms with Crippen LogP contribution in [-0.2, 0) is 10.3 Å². The van der Waals surface area contributed by atoms with Crippen molar-refractivity contribution in [1.29, 1.82) is 5.26 Å². The second-order valence-corrected chi connectivity index (χ2v) is 4.07. The van der Waals surface area contributed by atoms with Crippen LogP contribution in [0.15, 0.2) is 24.3 Å². The van der Waals surface area contributed by atoms with Gasteiger partial charge in [-0.25, -0.2) is 8.78 Å². The van der Waals surface area contributed by atoms with E-state index >= 15 is 0 Å². The fraction of sp³-hybridized carbons (Fsp3) is 0.462. The maximum atomic E-state index is 14.2. The van der Waals surface area contributed by atoms with Gasteiger partial charge < -0.3 is 10.1 Å². The number of nitrogens with one attached hydrogen (secondary N) is 1. The predicted octanol–water partition coefficient (Wildman–Crippen LogP) is 2.14. The van der Waals surface area contributed by atoms with Crippen molar-refractivity contribution in [1.82, 2.24) is 5.32 Å². The highest BCUT2D eigenvalue weighted by atomic mass is 19.1. The lowest BCUT2D eigenvalue weighted by Gasteiger charge is -2.33. The Hall–Kier alpha value is -1.51. The van der Waals surface area contributed by atoms with E-state index in [0.717, 1.165) is 0 Å². The molecule has 0 aliphatic rings. The molecule has 1 aromatic carbocycles. The highest BCUT2D eigenvalue weighted by Crippen LogP contribution is 2.28. The van der Waals surface area contributed by atoms with E-state index in [1.54, 1.807) is 32.2 Å². The van der Waals surface area contributed by atoms with Gasteiger partial charge in [-0.2, -0.15) is 5.26 Å². The standard InChI is InChI=1S/C13H16F2N2O/c1-13(17-2,12(15)9-18-8-7-16)10-5-3-4-6-11(10)14/h3-6,12,17H,8-9H2,1-2H3/t12-,13+/m0/s1. The van der Waals surface area contributed by atoms with Crippen molar-refractivity contribution in [2.75, 3.05) is 20.3 Å². The van der Waals surface area contributed by atoms with Crippen LogP contribution >= 0.6 is 0 Å². The van der Waals surface area contributed by atoms with Gasteiger partial charge in [0.1, 0.15) is 18.6 Å². The van der Waals surface area contributed by atoms with Crippen molar-refractivity contribution in [3.63, 3.8) is 0 Å². The van der Waals surface area contributed by atoms with Gasteiger partial charge in [0.2, 0.25) is 0 Å². The van der Waals surface area contributed by atoms with Crippen LogP contribution in [0.3, 0.4) is 0 Å². The van der Waals surface area contributed by atoms with Crippen LogP contribution in [0, 0.1) is 17.1 Å². The molecule has 1 rings (SSSR count). The van der Waals surface area contributed by atoms with Gasteiger partial charge in [0, 0.05) is 5.56 Å². The summed E-state index contributed by atoms with van der Waals surface area (Å²) in [5.41, 5.74) is -0.957. The smallest absolute Gasteiger partial charge is 0.145 e. The second-order valence-electron chi connectivity index (χ2n) is 4.07. The first-order valence-electron chi connectivity index (χ1n) is 5.59. The largest absolute Gasteiger partial charge is 0.363 e. The summed E-state index contributed by atoms with van der Waals surface area (Å²) in [4.78, 5) is 0. The lowest BCUT2D eigenvalue weighted by molar-refractivity contribution is 0.0502. The van der Waals surface area contributed by atoms with Crippen molar-refractivity contribution in [3.05, 3.63) is 35.6 Å². The first kappa shape index (κ1) is 14.6. The molecule has 0 saturated heterocycles. The number of ether oxygens (including phenoxy) is 1. The van der Waals surface area contributed by atoms with E-state index in [4.69, 9.17) is 10.00 Å². The van der Waals surface area contributed by atoms with Crippen LogP contribution in [0.2, 0.25) is 0 Å². The van der Waals surface area contributed by atoms with Gasteiger partial charge in [-0.15, -0.1) is 0 Å². The van der Waals surface area contributed by atoms with Gasteiger partial charge in [-0.3, -0.25) is 0 Å². The van der Waals surface area contributed by atoms with E-state index in [1.165, 1.54) is 12.1 Å². The fourth-order valence-electron chi connectivity index (χ4n) is 1.72. The number of halogens is 2. The molecule has 1 N–H and O–H groups in total. The molecule has 0 fully saturated rings. The molecule has 0 amide bonds. The summed E-state index contributed by atoms with van der Waals surface area (Å²) in [5.74, 6) is -0.475. The van der Waals surface area contributed by atoms with E-state index in [0.29, 0.717) is 0 Å². The normalized spacial score (nSPS) is 15.7. The molecule has 0 radical (unpaired) electrons. The number of hydrogen-bond donors (Lipinski definition) is 1. The first-order chi connectivity index (χ1) is 8.56. The van der Waals surface area contributed by atoms with Crippen molar-refractivity contribution >= 4 is 0 Å². The van der Waals surface area contributed by atoms with Crippen molar-refractivity contribution in [2.45, 2.75) is 18.6 Å². The van der Waals surface area contributed by atoms with Gasteiger partial charge in [0.05, 0.1) is 18.2 Å². The van der Waals surface area contributed by atoms with Crippen LogP contribution in [0.4, 0.5) is 8.78 Å². The van der Waals surface area contributed by atoms with E-state index in [-0.39, 0.29) is 18.8 Å². The van der Waals surface area contributed by atoms with E-state index in [9.17, 15) is 8.78 Å². The van der Waals surface area contributed by atoms with Gasteiger partial charge >= 0.3 is 0 Å². The number of alkyl halides is 1. The Morgan fingerprint density at radius 2 is 2.17 bits per heavy atom. The minimum Gasteiger partial charge on any atom is -0.363 e. The van der Waals surface area contributed by atoms with Crippen molar-refractivity contribution < 1.29 is 13.5 Å². The Morgan fingerprint density at radius 3 is 2.72 bits per heavy atom. The summed E-state index contributed by atoms with van der Waals surface area (Å²) in [5, 5.41) is 11.1. The number of rotatable bonds is 6. The minimum absolute atomic E-state index is 0.183. The highest BCUT2D eigenvalue weighted by molar-refractivity contribution is 5.27. The molecule has 5 heteroatoms. The van der Waals surface area contributed by atoms with E-state index in [1.807, 2.05) is 0 Å². The Balaban J connectivity index is 2.92. The number of hydrogen-bond acceptors (Lipinski definition) is 3. The monoisotopic (exact) mass is 254 g/mol. The lowest BCUT2D eigenvalue weighted by atomic mass is 9.87. The van der Waals surface area contributed by atoms with Crippen LogP contribution in [0.5, 0.6) is 0 Å². The number of benzene rings is 1. The zero-order chi connectivity index (χ0) is 13.6. The van der Waals surface area contributed by atoms with Gasteiger partial charge in [-0.1, -0.05) is 18.2 Å². The summed E-state index contributed by atoms with van der Waals surface area (Å²) in [6.45, 7) is 1.11. The summed E-state index contributed by atoms with van der Waals surface area (Å²) < 4.78 is 32.8. The SMILES string of the molecule is CN[C@](C)(c1ccccc1F)[C@@H](F)COCC#N. The van der Waals surface area contributed by atoms with Crippen molar-refractivity contribution in [2.24, 2.45) is 0 Å². The average molecular weight is 254 g/mol. The molecule has 98 valence electrons. The molecular weight excluding hydrogens is 238 g/mol. The highest BCUT2D eigenvalue weighted by Gasteiger charge is 2.37. The van der Waals surface area contributed by atoms with Crippen molar-refractivity contribution in [3.8, 4) is 6.07 Å². The van der Waals surface area contributed by atoms with Crippen LogP contribution in [0.25, 0.3) is 0 Å². The third kappa shape index (κ3) is 3.03. The quantitative estimate of drug-likeness (QED) is 0.791. The zero-order valence-corrected chi connectivity index (χ0v) is 10.4. The molecule has 0 unspecified atom stereocenters. The van der Waals surface area contributed by atoms with Crippen LogP contribution in [0.1, 0.15) is 12.5 Å². The summed E-state index contributed by atoms with van der Waals surface area (Å²) in [7, 11) is 1.56. The van der Waals surface area contributed by atoms with Crippen LogP contribution in [-0.4, -0.2) is 26.4 Å². The Bertz CT molecular complexity index is 433. The third-order valence-electron chi connectivity index (χ3n) is 3.01. The summed E-state index contributed by atoms with van der Waals surface area (Å²) >= 11 is 0. The minimum atomic E-state index is -1.47. The van der Waals surface area contributed by atoms with Gasteiger partial charge in [0.25, 0.3) is 0 Å². The maximum absolute atomic E-state index is 14.2. The Labute approximate surface area is 105 Å². The number of nitrogens with zero attached hydrogens (tertiary/aromatic N) is 1. The van der Waals surface area contributed by atoms with E-state index in [2.05, 4.69) is 5.32 Å². The lowest BCUT2D eigenvalue weighted by Crippen LogP contribution is -2.48. The molecule has 3 nitrogen and oxygen atoms in total. The van der Waals surface area contributed by atoms with Gasteiger partial charge in [-0.05, 0) is 20.0 Å². The average Bonchev–Trinajstić information content (AvgIpc) is 2.38. The summed E-state index contributed by atoms with van der Waals surface area (Å²) in [6.07, 6.45) is -1.47. The molecule has 0 bridgehead atoms. The third-order valence-corrected chi connectivity index (χ3v) is 3.01. The molecule has 0 saturated carbocycles. The Morgan fingerprint density at radius 1 is 1.50 bits per heavy atom. The molecule has 0 spiro atoms. The molecular formula is C13H16F2N2O. The molecule has 18 heavy (non-hydrogen) atoms. The molecule has 0 aliphatic heterocycles. The maximum Gasteiger partial charge on any atom is 0.145 e. The molecule has 2 atom stereocenters. The van der Waals surface area contributed by atoms with Gasteiger partial charge in [0.15, 0.2) is 0 Å². The zero-order valence-electron chi connectivity index (χ0n) is 10.4. The molecule has 1 aromatic rings. The topological polar surface area (TPSA) is 45.0 Å². The fourth-order valence-corrected chi connectivity index (χ4v) is 1.72. The predicted molar refractivity (Wildman–Crippen MR) is 64.1 cm³/mol. The number of nitriles is 1. The summed E-state index contributed by atoms with van der Waals surface area (Å²) in [6, 6.07) is 7.78. The van der Waals surface area contributed by atoms with Crippen LogP contribution < -0.4 is 5.32 Å². The molecule has 0 aliphatic carbocycles. The first-order valence-corrected chi connectivity index (χ1v) is 5.59.